The van der Waals surface area contributed by atoms with Gasteiger partial charge in [0.2, 0.25) is 5.91 Å². The van der Waals surface area contributed by atoms with Crippen LogP contribution in [0.3, 0.4) is 0 Å². The molecule has 2 atom stereocenters. The predicted molar refractivity (Wildman–Crippen MR) is 152 cm³/mol. The van der Waals surface area contributed by atoms with E-state index in [-0.39, 0.29) is 18.3 Å². The number of alkyl carbamates (subject to hydrolysis) is 1. The molecule has 214 valence electrons. The van der Waals surface area contributed by atoms with E-state index in [0.29, 0.717) is 34.9 Å². The summed E-state index contributed by atoms with van der Waals surface area (Å²) in [5.74, 6) is 0.271. The Kier molecular flexibility index (Phi) is 11.2. The molecule has 0 aliphatic carbocycles. The van der Waals surface area contributed by atoms with Crippen LogP contribution < -0.4 is 15.4 Å². The number of aromatic hydroxyl groups is 1. The van der Waals surface area contributed by atoms with E-state index in [1.807, 2.05) is 6.92 Å². The maximum Gasteiger partial charge on any atom is 0.408 e. The fourth-order valence-electron chi connectivity index (χ4n) is 4.08. The average Bonchev–Trinajstić information content (AvgIpc) is 2.85. The van der Waals surface area contributed by atoms with Crippen molar-refractivity contribution in [3.05, 3.63) is 53.6 Å². The molecular formula is C30H43N3O6. The van der Waals surface area contributed by atoms with E-state index in [1.165, 1.54) is 11.0 Å². The summed E-state index contributed by atoms with van der Waals surface area (Å²) in [6, 6.07) is 10.4. The highest BCUT2D eigenvalue weighted by Gasteiger charge is 2.35. The minimum atomic E-state index is -1.03. The number of carbonyl (C=O) groups is 3. The zero-order valence-corrected chi connectivity index (χ0v) is 24.3. The molecule has 0 fully saturated rings. The van der Waals surface area contributed by atoms with Crippen molar-refractivity contribution in [1.29, 1.82) is 0 Å². The maximum absolute atomic E-state index is 13.9. The Morgan fingerprint density at radius 3 is 2.18 bits per heavy atom. The highest BCUT2D eigenvalue weighted by molar-refractivity contribution is 5.98. The lowest BCUT2D eigenvalue weighted by molar-refractivity contribution is -0.140. The fourth-order valence-corrected chi connectivity index (χ4v) is 4.08. The number of hydrogen-bond acceptors (Lipinski definition) is 6. The lowest BCUT2D eigenvalue weighted by atomic mass is 9.97. The van der Waals surface area contributed by atoms with Crippen LogP contribution >= 0.6 is 0 Å². The second-order valence-electron chi connectivity index (χ2n) is 11.1. The van der Waals surface area contributed by atoms with E-state index in [4.69, 9.17) is 9.47 Å². The molecule has 0 bridgehead atoms. The van der Waals surface area contributed by atoms with Gasteiger partial charge in [0.25, 0.3) is 5.91 Å². The summed E-state index contributed by atoms with van der Waals surface area (Å²) in [5.41, 5.74) is 0.930. The maximum atomic E-state index is 13.9. The van der Waals surface area contributed by atoms with E-state index in [1.54, 1.807) is 71.2 Å². The molecule has 3 amide bonds. The molecule has 0 spiro atoms. The van der Waals surface area contributed by atoms with Crippen LogP contribution in [0.5, 0.6) is 11.5 Å². The number of anilines is 1. The quantitative estimate of drug-likeness (QED) is 0.343. The molecule has 39 heavy (non-hydrogen) atoms. The van der Waals surface area contributed by atoms with E-state index >= 15 is 0 Å². The third kappa shape index (κ3) is 9.81. The van der Waals surface area contributed by atoms with Crippen molar-refractivity contribution in [2.24, 2.45) is 5.92 Å². The molecule has 0 aliphatic rings. The van der Waals surface area contributed by atoms with Crippen LogP contribution in [0, 0.1) is 12.8 Å². The number of aryl methyl sites for hydroxylation is 1. The van der Waals surface area contributed by atoms with Crippen molar-refractivity contribution >= 4 is 23.6 Å². The molecule has 9 nitrogen and oxygen atoms in total. The summed E-state index contributed by atoms with van der Waals surface area (Å²) in [5, 5.41) is 15.6. The van der Waals surface area contributed by atoms with Gasteiger partial charge < -0.3 is 30.1 Å². The van der Waals surface area contributed by atoms with E-state index in [0.717, 1.165) is 6.42 Å². The van der Waals surface area contributed by atoms with Gasteiger partial charge in [-0.1, -0.05) is 19.9 Å². The molecule has 9 heteroatoms. The first-order valence-corrected chi connectivity index (χ1v) is 13.2. The van der Waals surface area contributed by atoms with Crippen LogP contribution in [-0.2, 0) is 14.3 Å². The van der Waals surface area contributed by atoms with E-state index in [2.05, 4.69) is 24.5 Å². The van der Waals surface area contributed by atoms with E-state index < -0.39 is 29.6 Å². The zero-order chi connectivity index (χ0) is 29.3. The fraction of sp³-hybridized carbons (Fsp3) is 0.500. The van der Waals surface area contributed by atoms with Crippen molar-refractivity contribution in [1.82, 2.24) is 10.2 Å². The van der Waals surface area contributed by atoms with Gasteiger partial charge in [0.1, 0.15) is 29.7 Å². The summed E-state index contributed by atoms with van der Waals surface area (Å²) >= 11 is 0. The Hall–Kier alpha value is -3.75. The van der Waals surface area contributed by atoms with Crippen molar-refractivity contribution in [2.75, 3.05) is 19.0 Å². The highest BCUT2D eigenvalue weighted by atomic mass is 16.6. The van der Waals surface area contributed by atoms with Gasteiger partial charge in [0, 0.05) is 11.7 Å². The molecule has 2 aromatic rings. The van der Waals surface area contributed by atoms with Gasteiger partial charge in [-0.25, -0.2) is 4.79 Å². The first-order valence-electron chi connectivity index (χ1n) is 13.2. The topological polar surface area (TPSA) is 117 Å². The molecule has 3 N–H and O–H groups in total. The molecule has 0 heterocycles. The lowest BCUT2D eigenvalue weighted by Crippen LogP contribution is -2.50. The number of amides is 3. The van der Waals surface area contributed by atoms with Gasteiger partial charge in [-0.15, -0.1) is 0 Å². The Labute approximate surface area is 231 Å². The molecule has 0 saturated carbocycles. The summed E-state index contributed by atoms with van der Waals surface area (Å²) in [6.45, 7) is 12.7. The third-order valence-electron chi connectivity index (χ3n) is 6.13. The van der Waals surface area contributed by atoms with Crippen LogP contribution in [0.15, 0.2) is 42.5 Å². The molecule has 0 aliphatic heterocycles. The number of nitrogens with zero attached hydrogens (tertiary/aromatic N) is 1. The Bertz CT molecular complexity index is 1120. The van der Waals surface area contributed by atoms with E-state index in [9.17, 15) is 19.5 Å². The van der Waals surface area contributed by atoms with Crippen LogP contribution in [0.2, 0.25) is 0 Å². The molecule has 2 aromatic carbocycles. The number of carbonyl (C=O) groups excluding carboxylic acids is 3. The first-order chi connectivity index (χ1) is 18.2. The number of benzene rings is 2. The van der Waals surface area contributed by atoms with Crippen LogP contribution in [0.25, 0.3) is 0 Å². The van der Waals surface area contributed by atoms with Crippen LogP contribution in [0.1, 0.15) is 71.6 Å². The molecule has 0 saturated heterocycles. The number of methoxy groups -OCH3 is 1. The number of rotatable bonds is 11. The first kappa shape index (κ1) is 31.5. The number of phenols is 1. The third-order valence-corrected chi connectivity index (χ3v) is 6.13. The second-order valence-corrected chi connectivity index (χ2v) is 11.1. The smallest absolute Gasteiger partial charge is 0.408 e. The number of hydrogen-bond donors (Lipinski definition) is 3. The van der Waals surface area contributed by atoms with Crippen molar-refractivity contribution in [3.8, 4) is 11.5 Å². The monoisotopic (exact) mass is 541 g/mol. The van der Waals surface area contributed by atoms with Gasteiger partial charge in [-0.05, 0) is 101 Å². The van der Waals surface area contributed by atoms with Gasteiger partial charge >= 0.3 is 6.09 Å². The second kappa shape index (κ2) is 13.9. The minimum Gasteiger partial charge on any atom is -0.508 e. The summed E-state index contributed by atoms with van der Waals surface area (Å²) in [6.07, 6.45) is 0.774. The minimum absolute atomic E-state index is 0.0883. The van der Waals surface area contributed by atoms with Gasteiger partial charge in [0.05, 0.1) is 7.11 Å². The van der Waals surface area contributed by atoms with Gasteiger partial charge in [0.15, 0.2) is 0 Å². The van der Waals surface area contributed by atoms with Crippen LogP contribution in [0.4, 0.5) is 10.5 Å². The normalized spacial score (nSPS) is 12.8. The predicted octanol–water partition coefficient (Wildman–Crippen LogP) is 5.57. The SMILES string of the molecule is COc1ccc(NC(=O)C(c2ccc(O)c(C)c2)N(C(=O)CNC(=O)OC(C)(C)C)C(C)CCC(C)C)cc1. The molecular weight excluding hydrogens is 498 g/mol. The summed E-state index contributed by atoms with van der Waals surface area (Å²) < 4.78 is 10.5. The van der Waals surface area contributed by atoms with Gasteiger partial charge in [-0.3, -0.25) is 9.59 Å². The standard InChI is InChI=1S/C30H43N3O6/c1-19(2)9-10-21(4)33(26(35)18-31-29(37)39-30(5,6)7)27(22-11-16-25(34)20(3)17-22)28(36)32-23-12-14-24(38-8)15-13-23/h11-17,19,21,27,34H,9-10,18H2,1-8H3,(H,31,37)(H,32,36). The number of nitrogens with one attached hydrogen (secondary N) is 2. The molecule has 0 radical (unpaired) electrons. The van der Waals surface area contributed by atoms with Crippen molar-refractivity contribution in [3.63, 3.8) is 0 Å². The number of phenolic OH excluding ortho intramolecular Hbond substituents is 1. The largest absolute Gasteiger partial charge is 0.508 e. The Balaban J connectivity index is 2.48. The summed E-state index contributed by atoms with van der Waals surface area (Å²) in [7, 11) is 1.56. The summed E-state index contributed by atoms with van der Waals surface area (Å²) in [4.78, 5) is 41.4. The average molecular weight is 542 g/mol. The zero-order valence-electron chi connectivity index (χ0n) is 24.3. The van der Waals surface area contributed by atoms with Crippen LogP contribution in [-0.4, -0.2) is 53.2 Å². The molecule has 2 unspecified atom stereocenters. The van der Waals surface area contributed by atoms with Crippen molar-refractivity contribution < 1.29 is 29.0 Å². The number of ether oxygens (including phenoxy) is 2. The Morgan fingerprint density at radius 1 is 1.00 bits per heavy atom. The highest BCUT2D eigenvalue weighted by Crippen LogP contribution is 2.30. The Morgan fingerprint density at radius 2 is 1.64 bits per heavy atom. The van der Waals surface area contributed by atoms with Crippen molar-refractivity contribution in [2.45, 2.75) is 79.0 Å². The molecule has 2 rings (SSSR count). The lowest BCUT2D eigenvalue weighted by Gasteiger charge is -2.37. The van der Waals surface area contributed by atoms with Gasteiger partial charge in [-0.2, -0.15) is 0 Å². The molecule has 0 aromatic heterocycles.